The zero-order chi connectivity index (χ0) is 17.9. The molecule has 7 heteroatoms. The molecule has 0 aromatic heterocycles. The van der Waals surface area contributed by atoms with Crippen molar-refractivity contribution in [3.63, 3.8) is 0 Å². The van der Waals surface area contributed by atoms with Crippen LogP contribution in [0, 0.1) is 5.92 Å². The monoisotopic (exact) mass is 399 g/mol. The van der Waals surface area contributed by atoms with Crippen LogP contribution in [0.25, 0.3) is 0 Å². The van der Waals surface area contributed by atoms with Crippen molar-refractivity contribution in [3.05, 3.63) is 29.8 Å². The summed E-state index contributed by atoms with van der Waals surface area (Å²) in [5, 5.41) is 5.90. The number of halogens is 1. The van der Waals surface area contributed by atoms with E-state index in [-0.39, 0.29) is 24.2 Å². The number of carbonyl (C=O) groups is 2. The SMILES string of the molecule is Cl.NCCCNC(=O)c1ccccc1SCC(=O)NCC1CCCCC1. The van der Waals surface area contributed by atoms with E-state index in [1.807, 2.05) is 18.2 Å². The number of carbonyl (C=O) groups excluding carboxylic acids is 2. The van der Waals surface area contributed by atoms with Crippen molar-refractivity contribution in [1.82, 2.24) is 10.6 Å². The highest BCUT2D eigenvalue weighted by Crippen LogP contribution is 2.24. The Labute approximate surface area is 166 Å². The Morgan fingerprint density at radius 3 is 2.58 bits per heavy atom. The maximum absolute atomic E-state index is 12.3. The second-order valence-corrected chi connectivity index (χ2v) is 7.51. The van der Waals surface area contributed by atoms with E-state index in [1.54, 1.807) is 6.07 Å². The lowest BCUT2D eigenvalue weighted by Gasteiger charge is -2.21. The number of hydrogen-bond acceptors (Lipinski definition) is 4. The maximum atomic E-state index is 12.3. The lowest BCUT2D eigenvalue weighted by molar-refractivity contribution is -0.118. The zero-order valence-electron chi connectivity index (χ0n) is 15.2. The number of nitrogens with one attached hydrogen (secondary N) is 2. The van der Waals surface area contributed by atoms with Crippen LogP contribution in [0.1, 0.15) is 48.9 Å². The predicted octanol–water partition coefficient (Wildman–Crippen LogP) is 2.98. The molecule has 0 atom stereocenters. The van der Waals surface area contributed by atoms with Crippen LogP contribution in [-0.4, -0.2) is 37.2 Å². The number of benzene rings is 1. The first-order valence-corrected chi connectivity index (χ1v) is 10.2. The second-order valence-electron chi connectivity index (χ2n) is 6.49. The van der Waals surface area contributed by atoms with E-state index in [1.165, 1.54) is 43.9 Å². The molecule has 0 saturated heterocycles. The third-order valence-electron chi connectivity index (χ3n) is 4.47. The molecule has 0 spiro atoms. The number of rotatable bonds is 9. The van der Waals surface area contributed by atoms with Crippen LogP contribution in [0.5, 0.6) is 0 Å². The Morgan fingerprint density at radius 2 is 1.85 bits per heavy atom. The molecular weight excluding hydrogens is 370 g/mol. The lowest BCUT2D eigenvalue weighted by Crippen LogP contribution is -2.31. The van der Waals surface area contributed by atoms with E-state index in [0.717, 1.165) is 17.9 Å². The predicted molar refractivity (Wildman–Crippen MR) is 110 cm³/mol. The summed E-state index contributed by atoms with van der Waals surface area (Å²) in [5.41, 5.74) is 6.06. The maximum Gasteiger partial charge on any atom is 0.252 e. The molecule has 1 aromatic rings. The fourth-order valence-corrected chi connectivity index (χ4v) is 3.90. The molecule has 0 bridgehead atoms. The van der Waals surface area contributed by atoms with E-state index in [0.29, 0.717) is 30.3 Å². The second kappa shape index (κ2) is 13.0. The molecule has 1 saturated carbocycles. The van der Waals surface area contributed by atoms with Gasteiger partial charge < -0.3 is 16.4 Å². The van der Waals surface area contributed by atoms with Crippen LogP contribution < -0.4 is 16.4 Å². The van der Waals surface area contributed by atoms with Crippen LogP contribution in [0.15, 0.2) is 29.2 Å². The van der Waals surface area contributed by atoms with Crippen LogP contribution in [-0.2, 0) is 4.79 Å². The van der Waals surface area contributed by atoms with E-state index >= 15 is 0 Å². The summed E-state index contributed by atoms with van der Waals surface area (Å²) in [6.45, 7) is 1.90. The van der Waals surface area contributed by atoms with E-state index in [9.17, 15) is 9.59 Å². The Balaban J connectivity index is 0.00000338. The molecule has 26 heavy (non-hydrogen) atoms. The van der Waals surface area contributed by atoms with Gasteiger partial charge in [-0.1, -0.05) is 31.4 Å². The summed E-state index contributed by atoms with van der Waals surface area (Å²) >= 11 is 1.41. The smallest absolute Gasteiger partial charge is 0.252 e. The van der Waals surface area contributed by atoms with Gasteiger partial charge in [-0.15, -0.1) is 24.2 Å². The molecule has 0 radical (unpaired) electrons. The Bertz CT molecular complexity index is 565. The topological polar surface area (TPSA) is 84.2 Å². The molecule has 1 fully saturated rings. The van der Waals surface area contributed by atoms with Crippen molar-refractivity contribution >= 4 is 36.0 Å². The van der Waals surface area contributed by atoms with Crippen molar-refractivity contribution in [3.8, 4) is 0 Å². The van der Waals surface area contributed by atoms with Crippen molar-refractivity contribution in [2.45, 2.75) is 43.4 Å². The summed E-state index contributed by atoms with van der Waals surface area (Å²) in [7, 11) is 0. The van der Waals surface area contributed by atoms with Crippen LogP contribution in [0.4, 0.5) is 0 Å². The minimum Gasteiger partial charge on any atom is -0.355 e. The minimum absolute atomic E-state index is 0. The third-order valence-corrected chi connectivity index (χ3v) is 5.54. The van der Waals surface area contributed by atoms with Gasteiger partial charge in [-0.05, 0) is 43.9 Å². The summed E-state index contributed by atoms with van der Waals surface area (Å²) in [4.78, 5) is 25.2. The van der Waals surface area contributed by atoms with Gasteiger partial charge in [0.1, 0.15) is 0 Å². The van der Waals surface area contributed by atoms with Gasteiger partial charge in [-0.25, -0.2) is 0 Å². The molecule has 5 nitrogen and oxygen atoms in total. The first-order valence-electron chi connectivity index (χ1n) is 9.17. The normalized spacial score (nSPS) is 14.3. The van der Waals surface area contributed by atoms with Crippen LogP contribution in [0.2, 0.25) is 0 Å². The molecule has 0 unspecified atom stereocenters. The Kier molecular flexibility index (Phi) is 11.4. The summed E-state index contributed by atoms with van der Waals surface area (Å²) in [5.74, 6) is 0.885. The van der Waals surface area contributed by atoms with Crippen molar-refractivity contribution in [2.24, 2.45) is 11.7 Å². The zero-order valence-corrected chi connectivity index (χ0v) is 16.8. The van der Waals surface area contributed by atoms with E-state index in [4.69, 9.17) is 5.73 Å². The van der Waals surface area contributed by atoms with Gasteiger partial charge in [0.15, 0.2) is 0 Å². The first kappa shape index (κ1) is 22.8. The Morgan fingerprint density at radius 1 is 1.12 bits per heavy atom. The molecule has 0 heterocycles. The molecule has 0 aliphatic heterocycles. The highest BCUT2D eigenvalue weighted by molar-refractivity contribution is 8.00. The van der Waals surface area contributed by atoms with Crippen LogP contribution >= 0.6 is 24.2 Å². The molecule has 2 amide bonds. The average Bonchev–Trinajstić information content (AvgIpc) is 2.66. The van der Waals surface area contributed by atoms with Crippen molar-refractivity contribution < 1.29 is 9.59 Å². The lowest BCUT2D eigenvalue weighted by atomic mass is 9.89. The third kappa shape index (κ3) is 7.98. The van der Waals surface area contributed by atoms with Gasteiger partial charge in [0.25, 0.3) is 5.91 Å². The standard InChI is InChI=1S/C19H29N3O2S.ClH/c20-11-6-12-21-19(24)16-9-4-5-10-17(16)25-14-18(23)22-13-15-7-2-1-3-8-15;/h4-5,9-10,15H,1-3,6-8,11-14,20H2,(H,21,24)(H,22,23);1H. The highest BCUT2D eigenvalue weighted by atomic mass is 35.5. The van der Waals surface area contributed by atoms with Crippen LogP contribution in [0.3, 0.4) is 0 Å². The largest absolute Gasteiger partial charge is 0.355 e. The molecule has 4 N–H and O–H groups in total. The van der Waals surface area contributed by atoms with Gasteiger partial charge >= 0.3 is 0 Å². The van der Waals surface area contributed by atoms with Crippen molar-refractivity contribution in [1.29, 1.82) is 0 Å². The summed E-state index contributed by atoms with van der Waals surface area (Å²) < 4.78 is 0. The highest BCUT2D eigenvalue weighted by Gasteiger charge is 2.15. The molecule has 146 valence electrons. The minimum atomic E-state index is -0.112. The number of nitrogens with two attached hydrogens (primary N) is 1. The summed E-state index contributed by atoms with van der Waals surface area (Å²) in [6, 6.07) is 7.40. The van der Waals surface area contributed by atoms with Crippen molar-refractivity contribution in [2.75, 3.05) is 25.4 Å². The van der Waals surface area contributed by atoms with Gasteiger partial charge in [0, 0.05) is 18.0 Å². The number of amides is 2. The fourth-order valence-electron chi connectivity index (χ4n) is 3.02. The molecule has 1 aliphatic rings. The quantitative estimate of drug-likeness (QED) is 0.440. The van der Waals surface area contributed by atoms with Gasteiger partial charge in [-0.2, -0.15) is 0 Å². The fraction of sp³-hybridized carbons (Fsp3) is 0.579. The van der Waals surface area contributed by atoms with E-state index < -0.39 is 0 Å². The number of thioether (sulfide) groups is 1. The van der Waals surface area contributed by atoms with Gasteiger partial charge in [0.05, 0.1) is 11.3 Å². The van der Waals surface area contributed by atoms with Gasteiger partial charge in [0.2, 0.25) is 5.91 Å². The summed E-state index contributed by atoms with van der Waals surface area (Å²) in [6.07, 6.45) is 7.08. The number of hydrogen-bond donors (Lipinski definition) is 3. The first-order chi connectivity index (χ1) is 12.2. The van der Waals surface area contributed by atoms with Gasteiger partial charge in [-0.3, -0.25) is 9.59 Å². The molecular formula is C19H30ClN3O2S. The Hall–Kier alpha value is -1.24. The van der Waals surface area contributed by atoms with E-state index in [2.05, 4.69) is 10.6 Å². The average molecular weight is 400 g/mol. The molecule has 2 rings (SSSR count). The molecule has 1 aromatic carbocycles. The molecule has 1 aliphatic carbocycles.